The molecule has 0 saturated heterocycles. The number of rotatable bonds is 3. The molecule has 0 radical (unpaired) electrons. The van der Waals surface area contributed by atoms with Crippen molar-refractivity contribution in [3.8, 4) is 0 Å². The van der Waals surface area contributed by atoms with Crippen molar-refractivity contribution < 1.29 is 9.21 Å². The van der Waals surface area contributed by atoms with Gasteiger partial charge in [0.05, 0.1) is 6.04 Å². The summed E-state index contributed by atoms with van der Waals surface area (Å²) in [5.74, 6) is 0.798. The second-order valence-electron chi connectivity index (χ2n) is 5.03. The first-order valence-electron chi connectivity index (χ1n) is 6.39. The normalized spacial score (nSPS) is 12.2. The Hall–Kier alpha value is -2.03. The van der Waals surface area contributed by atoms with Gasteiger partial charge in [-0.15, -0.1) is 0 Å². The Balaban J connectivity index is 2.25. The van der Waals surface area contributed by atoms with Crippen LogP contribution in [0.3, 0.4) is 0 Å². The van der Waals surface area contributed by atoms with E-state index in [-0.39, 0.29) is 11.9 Å². The predicted octanol–water partition coefficient (Wildman–Crippen LogP) is 3.92. The average Bonchev–Trinajstić information content (AvgIpc) is 2.79. The molecule has 1 aromatic heterocycles. The highest BCUT2D eigenvalue weighted by Crippen LogP contribution is 2.26. The fourth-order valence-electron chi connectivity index (χ4n) is 1.94. The Morgan fingerprint density at radius 1 is 1.32 bits per heavy atom. The van der Waals surface area contributed by atoms with Gasteiger partial charge in [0.1, 0.15) is 11.3 Å². The molecule has 0 spiro atoms. The molecule has 2 rings (SSSR count). The van der Waals surface area contributed by atoms with E-state index in [1.807, 2.05) is 51.1 Å². The highest BCUT2D eigenvalue weighted by atomic mass is 16.3. The second-order valence-corrected chi connectivity index (χ2v) is 5.03. The van der Waals surface area contributed by atoms with Crippen LogP contribution in [0.5, 0.6) is 0 Å². The van der Waals surface area contributed by atoms with E-state index in [1.165, 1.54) is 0 Å². The fraction of sp³-hybridized carbons (Fsp3) is 0.312. The van der Waals surface area contributed by atoms with Crippen molar-refractivity contribution in [2.45, 2.75) is 26.8 Å². The Kier molecular flexibility index (Phi) is 3.74. The summed E-state index contributed by atoms with van der Waals surface area (Å²) in [6.07, 6.45) is 1.64. The third-order valence-corrected chi connectivity index (χ3v) is 3.20. The summed E-state index contributed by atoms with van der Waals surface area (Å²) in [6.45, 7) is 5.80. The van der Waals surface area contributed by atoms with Crippen molar-refractivity contribution in [3.63, 3.8) is 0 Å². The molecule has 1 atom stereocenters. The maximum absolute atomic E-state index is 12.0. The number of allylic oxidation sites excluding steroid dienone is 1. The van der Waals surface area contributed by atoms with Crippen LogP contribution in [0.4, 0.5) is 0 Å². The lowest BCUT2D eigenvalue weighted by atomic mass is 10.2. The highest BCUT2D eigenvalue weighted by Gasteiger charge is 2.19. The molecular weight excluding hydrogens is 238 g/mol. The van der Waals surface area contributed by atoms with Crippen LogP contribution in [0.15, 0.2) is 46.4 Å². The summed E-state index contributed by atoms with van der Waals surface area (Å²) >= 11 is 0. The number of amides is 1. The van der Waals surface area contributed by atoms with Gasteiger partial charge >= 0.3 is 0 Å². The number of carbonyl (C=O) groups is 1. The van der Waals surface area contributed by atoms with Crippen molar-refractivity contribution >= 4 is 16.9 Å². The van der Waals surface area contributed by atoms with Crippen molar-refractivity contribution in [3.05, 3.63) is 47.7 Å². The maximum atomic E-state index is 12.0. The molecular formula is C16H19NO2. The number of hydrogen-bond acceptors (Lipinski definition) is 2. The lowest BCUT2D eigenvalue weighted by Gasteiger charge is -2.22. The Morgan fingerprint density at radius 3 is 2.63 bits per heavy atom. The number of furan rings is 1. The van der Waals surface area contributed by atoms with Gasteiger partial charge in [-0.25, -0.2) is 0 Å². The van der Waals surface area contributed by atoms with E-state index in [0.717, 1.165) is 22.3 Å². The second kappa shape index (κ2) is 5.31. The highest BCUT2D eigenvalue weighted by molar-refractivity contribution is 5.88. The smallest absolute Gasteiger partial charge is 0.246 e. The summed E-state index contributed by atoms with van der Waals surface area (Å²) < 4.78 is 5.79. The number of hydrogen-bond donors (Lipinski definition) is 0. The zero-order chi connectivity index (χ0) is 14.0. The number of carbonyl (C=O) groups excluding carboxylic acids is 1. The van der Waals surface area contributed by atoms with Gasteiger partial charge in [0, 0.05) is 18.5 Å². The van der Waals surface area contributed by atoms with Crippen LogP contribution >= 0.6 is 0 Å². The molecule has 2 aromatic rings. The standard InChI is InChI=1S/C16H19NO2/c1-11(2)9-16(18)17(4)12(3)15-10-13-7-5-6-8-14(13)19-15/h5-10,12H,1-4H3. The fourth-order valence-corrected chi connectivity index (χ4v) is 1.94. The Morgan fingerprint density at radius 2 is 2.00 bits per heavy atom. The monoisotopic (exact) mass is 257 g/mol. The lowest BCUT2D eigenvalue weighted by molar-refractivity contribution is -0.126. The molecule has 0 saturated carbocycles. The molecule has 100 valence electrons. The summed E-state index contributed by atoms with van der Waals surface area (Å²) in [7, 11) is 1.79. The average molecular weight is 257 g/mol. The first-order chi connectivity index (χ1) is 8.99. The summed E-state index contributed by atoms with van der Waals surface area (Å²) in [6, 6.07) is 9.77. The number of likely N-dealkylation sites (N-methyl/N-ethyl adjacent to an activating group) is 1. The van der Waals surface area contributed by atoms with Crippen molar-refractivity contribution in [2.24, 2.45) is 0 Å². The minimum atomic E-state index is -0.0875. The number of fused-ring (bicyclic) bond motifs is 1. The van der Waals surface area contributed by atoms with Gasteiger partial charge in [0.15, 0.2) is 0 Å². The number of para-hydroxylation sites is 1. The summed E-state index contributed by atoms with van der Waals surface area (Å²) in [4.78, 5) is 13.7. The van der Waals surface area contributed by atoms with Gasteiger partial charge in [-0.05, 0) is 32.9 Å². The molecule has 1 aromatic carbocycles. The molecule has 0 N–H and O–H groups in total. The van der Waals surface area contributed by atoms with Gasteiger partial charge in [0.25, 0.3) is 0 Å². The molecule has 0 aliphatic heterocycles. The van der Waals surface area contributed by atoms with E-state index in [1.54, 1.807) is 18.0 Å². The third kappa shape index (κ3) is 2.87. The number of nitrogens with zero attached hydrogens (tertiary/aromatic N) is 1. The Bertz CT molecular complexity index is 587. The van der Waals surface area contributed by atoms with Gasteiger partial charge in [-0.2, -0.15) is 0 Å². The van der Waals surface area contributed by atoms with E-state index in [2.05, 4.69) is 0 Å². The van der Waals surface area contributed by atoms with Gasteiger partial charge in [-0.3, -0.25) is 4.79 Å². The largest absolute Gasteiger partial charge is 0.459 e. The summed E-state index contributed by atoms with van der Waals surface area (Å²) in [5.41, 5.74) is 1.85. The van der Waals surface area contributed by atoms with Gasteiger partial charge < -0.3 is 9.32 Å². The molecule has 0 aliphatic carbocycles. The van der Waals surface area contributed by atoms with Crippen LogP contribution in [0.25, 0.3) is 11.0 Å². The van der Waals surface area contributed by atoms with Crippen molar-refractivity contribution in [1.82, 2.24) is 4.90 Å². The molecule has 1 amide bonds. The van der Waals surface area contributed by atoms with Crippen LogP contribution in [0.2, 0.25) is 0 Å². The van der Waals surface area contributed by atoms with E-state index in [0.29, 0.717) is 0 Å². The van der Waals surface area contributed by atoms with Crippen LogP contribution < -0.4 is 0 Å². The molecule has 0 bridgehead atoms. The quantitative estimate of drug-likeness (QED) is 0.781. The first-order valence-corrected chi connectivity index (χ1v) is 6.39. The zero-order valence-electron chi connectivity index (χ0n) is 11.8. The zero-order valence-corrected chi connectivity index (χ0v) is 11.8. The maximum Gasteiger partial charge on any atom is 0.246 e. The van der Waals surface area contributed by atoms with E-state index in [9.17, 15) is 4.79 Å². The van der Waals surface area contributed by atoms with Crippen LogP contribution in [0.1, 0.15) is 32.6 Å². The van der Waals surface area contributed by atoms with Gasteiger partial charge in [-0.1, -0.05) is 23.8 Å². The van der Waals surface area contributed by atoms with Crippen LogP contribution in [0, 0.1) is 0 Å². The first kappa shape index (κ1) is 13.4. The number of benzene rings is 1. The molecule has 0 fully saturated rings. The van der Waals surface area contributed by atoms with Crippen LogP contribution in [-0.2, 0) is 4.79 Å². The molecule has 1 unspecified atom stereocenters. The van der Waals surface area contributed by atoms with Crippen LogP contribution in [-0.4, -0.2) is 17.9 Å². The molecule has 1 heterocycles. The molecule has 3 nitrogen and oxygen atoms in total. The third-order valence-electron chi connectivity index (χ3n) is 3.20. The van der Waals surface area contributed by atoms with E-state index < -0.39 is 0 Å². The van der Waals surface area contributed by atoms with E-state index >= 15 is 0 Å². The van der Waals surface area contributed by atoms with Gasteiger partial charge in [0.2, 0.25) is 5.91 Å². The predicted molar refractivity (Wildman–Crippen MR) is 76.8 cm³/mol. The SMILES string of the molecule is CC(C)=CC(=O)N(C)C(C)c1cc2ccccc2o1. The Labute approximate surface area is 113 Å². The lowest BCUT2D eigenvalue weighted by Crippen LogP contribution is -2.27. The van der Waals surface area contributed by atoms with Crippen molar-refractivity contribution in [1.29, 1.82) is 0 Å². The minimum absolute atomic E-state index is 0.00652. The topological polar surface area (TPSA) is 33.5 Å². The van der Waals surface area contributed by atoms with Crippen molar-refractivity contribution in [2.75, 3.05) is 7.05 Å². The molecule has 3 heteroatoms. The minimum Gasteiger partial charge on any atom is -0.459 e. The summed E-state index contributed by atoms with van der Waals surface area (Å²) in [5, 5.41) is 1.06. The van der Waals surface area contributed by atoms with E-state index in [4.69, 9.17) is 4.42 Å². The molecule has 0 aliphatic rings. The molecule has 19 heavy (non-hydrogen) atoms.